The molecule has 78 valence electrons. The molecule has 2 unspecified atom stereocenters. The molecule has 0 aromatic carbocycles. The maximum absolute atomic E-state index is 2.52. The Morgan fingerprint density at radius 2 is 2.13 bits per heavy atom. The van der Waals surface area contributed by atoms with E-state index in [2.05, 4.69) is 37.3 Å². The zero-order chi connectivity index (χ0) is 10.3. The van der Waals surface area contributed by atoms with Gasteiger partial charge in [-0.15, -0.1) is 0 Å². The van der Waals surface area contributed by atoms with Gasteiger partial charge in [-0.1, -0.05) is 47.9 Å². The highest BCUT2D eigenvalue weighted by Crippen LogP contribution is 2.43. The van der Waals surface area contributed by atoms with Gasteiger partial charge in [-0.25, -0.2) is 0 Å². The highest BCUT2D eigenvalue weighted by atomic mass is 14.3. The van der Waals surface area contributed by atoms with Crippen molar-refractivity contribution >= 4 is 0 Å². The second-order valence-electron chi connectivity index (χ2n) is 4.97. The van der Waals surface area contributed by atoms with Crippen LogP contribution in [0.5, 0.6) is 0 Å². The molecule has 3 aliphatic carbocycles. The SMILES string of the molecule is CC1=CC2CCCCC2=C2C=CC=CC12. The number of hydrogen-bond acceptors (Lipinski definition) is 0. The third kappa shape index (κ3) is 1.43. The summed E-state index contributed by atoms with van der Waals surface area (Å²) in [6.07, 6.45) is 17.1. The van der Waals surface area contributed by atoms with Gasteiger partial charge in [0.05, 0.1) is 0 Å². The molecule has 0 aliphatic heterocycles. The van der Waals surface area contributed by atoms with Crippen LogP contribution >= 0.6 is 0 Å². The van der Waals surface area contributed by atoms with Gasteiger partial charge in [0, 0.05) is 5.92 Å². The van der Waals surface area contributed by atoms with Gasteiger partial charge in [-0.3, -0.25) is 0 Å². The quantitative estimate of drug-likeness (QED) is 0.512. The molecule has 0 amide bonds. The van der Waals surface area contributed by atoms with E-state index in [1.807, 2.05) is 0 Å². The van der Waals surface area contributed by atoms with Crippen molar-refractivity contribution in [1.29, 1.82) is 0 Å². The van der Waals surface area contributed by atoms with Gasteiger partial charge in [-0.2, -0.15) is 0 Å². The molecule has 2 atom stereocenters. The van der Waals surface area contributed by atoms with Crippen molar-refractivity contribution in [1.82, 2.24) is 0 Å². The minimum absolute atomic E-state index is 0.597. The van der Waals surface area contributed by atoms with Crippen LogP contribution in [-0.4, -0.2) is 0 Å². The summed E-state index contributed by atoms with van der Waals surface area (Å²) < 4.78 is 0. The summed E-state index contributed by atoms with van der Waals surface area (Å²) in [6, 6.07) is 0. The van der Waals surface area contributed by atoms with Crippen LogP contribution in [0.2, 0.25) is 0 Å². The normalized spacial score (nSPS) is 33.5. The summed E-state index contributed by atoms with van der Waals surface area (Å²) in [5.74, 6) is 1.36. The molecule has 0 spiro atoms. The predicted octanol–water partition coefficient (Wildman–Crippen LogP) is 4.18. The summed E-state index contributed by atoms with van der Waals surface area (Å²) in [7, 11) is 0. The predicted molar refractivity (Wildman–Crippen MR) is 64.5 cm³/mol. The number of rotatable bonds is 0. The van der Waals surface area contributed by atoms with Gasteiger partial charge in [0.1, 0.15) is 0 Å². The summed E-state index contributed by atoms with van der Waals surface area (Å²) in [5, 5.41) is 0. The van der Waals surface area contributed by atoms with Gasteiger partial charge in [0.25, 0.3) is 0 Å². The van der Waals surface area contributed by atoms with Crippen LogP contribution in [-0.2, 0) is 0 Å². The monoisotopic (exact) mass is 198 g/mol. The minimum Gasteiger partial charge on any atom is -0.0775 e. The smallest absolute Gasteiger partial charge is 0.0228 e. The molecule has 0 aromatic heterocycles. The van der Waals surface area contributed by atoms with Crippen molar-refractivity contribution < 1.29 is 0 Å². The summed E-state index contributed by atoms with van der Waals surface area (Å²) in [6.45, 7) is 2.29. The van der Waals surface area contributed by atoms with E-state index >= 15 is 0 Å². The second kappa shape index (κ2) is 3.52. The average Bonchev–Trinajstić information content (AvgIpc) is 2.30. The molecule has 0 radical (unpaired) electrons. The lowest BCUT2D eigenvalue weighted by atomic mass is 9.71. The number of allylic oxidation sites excluding steroid dienone is 8. The zero-order valence-electron chi connectivity index (χ0n) is 9.37. The largest absolute Gasteiger partial charge is 0.0775 e. The maximum atomic E-state index is 2.52. The molecule has 0 nitrogen and oxygen atoms in total. The topological polar surface area (TPSA) is 0 Å². The van der Waals surface area contributed by atoms with Crippen molar-refractivity contribution in [2.24, 2.45) is 11.8 Å². The van der Waals surface area contributed by atoms with Crippen LogP contribution in [0.15, 0.2) is 47.1 Å². The van der Waals surface area contributed by atoms with Crippen molar-refractivity contribution in [2.45, 2.75) is 32.6 Å². The van der Waals surface area contributed by atoms with E-state index in [0.29, 0.717) is 5.92 Å². The summed E-state index contributed by atoms with van der Waals surface area (Å²) >= 11 is 0. The van der Waals surface area contributed by atoms with Crippen molar-refractivity contribution in [2.75, 3.05) is 0 Å². The molecule has 3 aliphatic rings. The molecule has 0 heteroatoms. The summed E-state index contributed by atoms with van der Waals surface area (Å²) in [5.41, 5.74) is 4.90. The van der Waals surface area contributed by atoms with Gasteiger partial charge >= 0.3 is 0 Å². The van der Waals surface area contributed by atoms with Crippen LogP contribution in [0, 0.1) is 11.8 Å². The standard InChI is InChI=1S/C15H18/c1-11-10-12-6-2-3-8-14(12)15-9-5-4-7-13(11)15/h4-5,7,9-10,12-13H,2-3,6,8H2,1H3. The van der Waals surface area contributed by atoms with Gasteiger partial charge < -0.3 is 0 Å². The first kappa shape index (κ1) is 9.21. The highest BCUT2D eigenvalue weighted by Gasteiger charge is 2.28. The molecule has 0 heterocycles. The van der Waals surface area contributed by atoms with Crippen LogP contribution in [0.3, 0.4) is 0 Å². The Bertz CT molecular complexity index is 390. The minimum atomic E-state index is 0.597. The Morgan fingerprint density at radius 1 is 1.20 bits per heavy atom. The van der Waals surface area contributed by atoms with Gasteiger partial charge in [-0.05, 0) is 37.7 Å². The van der Waals surface area contributed by atoms with Crippen molar-refractivity contribution in [3.63, 3.8) is 0 Å². The fourth-order valence-electron chi connectivity index (χ4n) is 3.25. The van der Waals surface area contributed by atoms with Crippen molar-refractivity contribution in [3.8, 4) is 0 Å². The van der Waals surface area contributed by atoms with E-state index in [-0.39, 0.29) is 0 Å². The zero-order valence-corrected chi connectivity index (χ0v) is 9.37. The van der Waals surface area contributed by atoms with E-state index in [9.17, 15) is 0 Å². The molecule has 0 N–H and O–H groups in total. The lowest BCUT2D eigenvalue weighted by Crippen LogP contribution is -2.20. The fourth-order valence-corrected chi connectivity index (χ4v) is 3.25. The van der Waals surface area contributed by atoms with E-state index in [1.165, 1.54) is 25.7 Å². The first-order valence-electron chi connectivity index (χ1n) is 6.12. The maximum Gasteiger partial charge on any atom is 0.0228 e. The number of fused-ring (bicyclic) bond motifs is 2. The number of hydrogen-bond donors (Lipinski definition) is 0. The Kier molecular flexibility index (Phi) is 2.16. The molecule has 0 aromatic rings. The average molecular weight is 198 g/mol. The van der Waals surface area contributed by atoms with E-state index in [4.69, 9.17) is 0 Å². The van der Waals surface area contributed by atoms with Gasteiger partial charge in [0.15, 0.2) is 0 Å². The van der Waals surface area contributed by atoms with Crippen LogP contribution < -0.4 is 0 Å². The molecule has 0 saturated heterocycles. The molecule has 1 saturated carbocycles. The Morgan fingerprint density at radius 3 is 3.07 bits per heavy atom. The molecule has 15 heavy (non-hydrogen) atoms. The second-order valence-corrected chi connectivity index (χ2v) is 4.97. The molecule has 3 rings (SSSR count). The molecule has 1 fully saturated rings. The van der Waals surface area contributed by atoms with Gasteiger partial charge in [0.2, 0.25) is 0 Å². The third-order valence-electron chi connectivity index (χ3n) is 4.01. The first-order valence-corrected chi connectivity index (χ1v) is 6.12. The lowest BCUT2D eigenvalue weighted by molar-refractivity contribution is 0.498. The van der Waals surface area contributed by atoms with E-state index in [1.54, 1.807) is 16.7 Å². The Hall–Kier alpha value is -1.04. The molecule has 0 bridgehead atoms. The van der Waals surface area contributed by atoms with Crippen LogP contribution in [0.1, 0.15) is 32.6 Å². The van der Waals surface area contributed by atoms with Crippen LogP contribution in [0.25, 0.3) is 0 Å². The molecular weight excluding hydrogens is 180 g/mol. The Balaban J connectivity index is 2.06. The lowest BCUT2D eigenvalue weighted by Gasteiger charge is -2.34. The van der Waals surface area contributed by atoms with Crippen molar-refractivity contribution in [3.05, 3.63) is 47.1 Å². The van der Waals surface area contributed by atoms with E-state index in [0.717, 1.165) is 5.92 Å². The van der Waals surface area contributed by atoms with E-state index < -0.39 is 0 Å². The molecular formula is C15H18. The summed E-state index contributed by atoms with van der Waals surface area (Å²) in [4.78, 5) is 0. The fraction of sp³-hybridized carbons (Fsp3) is 0.467. The third-order valence-corrected chi connectivity index (χ3v) is 4.01. The van der Waals surface area contributed by atoms with Crippen LogP contribution in [0.4, 0.5) is 0 Å². The first-order chi connectivity index (χ1) is 7.36. The Labute approximate surface area is 92.1 Å². The highest BCUT2D eigenvalue weighted by molar-refractivity contribution is 5.47.